The molecule has 1 N–H and O–H groups in total. The Morgan fingerprint density at radius 1 is 0.816 bits per heavy atom. The molecule has 3 aliphatic heterocycles. The van der Waals surface area contributed by atoms with Gasteiger partial charge >= 0.3 is 0 Å². The van der Waals surface area contributed by atoms with Gasteiger partial charge in [0.2, 0.25) is 5.75 Å². The molecule has 0 aliphatic carbocycles. The molecule has 1 saturated heterocycles. The standard InChI is InChI=1S/C39H40N4O6/c1-47-34-20-29(21-35(48-2)37(34)49-3)38(45)40-31-19-28(39(46)41-16-14-27(15-17-41)26-8-5-4-6-9-26)12-13-33(31)42-22-25-18-30(24-42)32-10-7-11-36(44)43(32)23-25/h4-14,19-21,25,30H,15-18,22-24H2,1-3H3,(H,40,45)/t25-,30+/m1/s1. The van der Waals surface area contributed by atoms with Crippen LogP contribution < -0.4 is 30.0 Å². The molecule has 7 rings (SSSR count). The van der Waals surface area contributed by atoms with Crippen molar-refractivity contribution in [3.8, 4) is 17.2 Å². The summed E-state index contributed by atoms with van der Waals surface area (Å²) >= 11 is 0. The van der Waals surface area contributed by atoms with Gasteiger partial charge in [-0.25, -0.2) is 0 Å². The monoisotopic (exact) mass is 660 g/mol. The molecule has 3 aromatic carbocycles. The number of rotatable bonds is 8. The van der Waals surface area contributed by atoms with Crippen molar-refractivity contribution in [2.24, 2.45) is 5.92 Å². The summed E-state index contributed by atoms with van der Waals surface area (Å²) in [5, 5.41) is 3.11. The van der Waals surface area contributed by atoms with Gasteiger partial charge in [0, 0.05) is 61.5 Å². The van der Waals surface area contributed by atoms with E-state index in [9.17, 15) is 14.4 Å². The number of anilines is 2. The number of hydrogen-bond acceptors (Lipinski definition) is 7. The van der Waals surface area contributed by atoms with E-state index in [1.54, 1.807) is 24.3 Å². The van der Waals surface area contributed by atoms with E-state index in [1.165, 1.54) is 32.5 Å². The Bertz CT molecular complexity index is 1960. The first-order chi connectivity index (χ1) is 23.9. The summed E-state index contributed by atoms with van der Waals surface area (Å²) in [6, 6.07) is 24.5. The number of piperidine rings is 1. The van der Waals surface area contributed by atoms with Crippen LogP contribution in [0.1, 0.15) is 50.7 Å². The highest BCUT2D eigenvalue weighted by Crippen LogP contribution is 2.41. The summed E-state index contributed by atoms with van der Waals surface area (Å²) in [5.74, 6) is 1.07. The third kappa shape index (κ3) is 6.26. The maximum atomic E-state index is 13.9. The summed E-state index contributed by atoms with van der Waals surface area (Å²) in [7, 11) is 4.52. The molecule has 0 unspecified atom stereocenters. The van der Waals surface area contributed by atoms with Gasteiger partial charge in [-0.1, -0.05) is 42.5 Å². The molecule has 4 heterocycles. The Morgan fingerprint density at radius 3 is 2.29 bits per heavy atom. The lowest BCUT2D eigenvalue weighted by molar-refractivity contribution is 0.0772. The lowest BCUT2D eigenvalue weighted by atomic mass is 9.83. The molecule has 10 nitrogen and oxygen atoms in total. The van der Waals surface area contributed by atoms with Gasteiger partial charge < -0.3 is 33.9 Å². The minimum Gasteiger partial charge on any atom is -0.493 e. The average molecular weight is 661 g/mol. The molecular weight excluding hydrogens is 620 g/mol. The highest BCUT2D eigenvalue weighted by molar-refractivity contribution is 6.08. The molecule has 252 valence electrons. The van der Waals surface area contributed by atoms with Crippen LogP contribution in [0, 0.1) is 5.92 Å². The Hall–Kier alpha value is -5.51. The maximum absolute atomic E-state index is 13.9. The zero-order valence-corrected chi connectivity index (χ0v) is 28.0. The number of hydrogen-bond donors (Lipinski definition) is 1. The van der Waals surface area contributed by atoms with Crippen LogP contribution >= 0.6 is 0 Å². The Kier molecular flexibility index (Phi) is 8.86. The Morgan fingerprint density at radius 2 is 1.59 bits per heavy atom. The fraction of sp³-hybridized carbons (Fsp3) is 0.308. The number of methoxy groups -OCH3 is 3. The molecule has 2 amide bonds. The minimum absolute atomic E-state index is 0.0327. The summed E-state index contributed by atoms with van der Waals surface area (Å²) in [4.78, 5) is 44.6. The number of benzene rings is 3. The molecular formula is C39H40N4O6. The number of carbonyl (C=O) groups excluding carboxylic acids is 2. The lowest BCUT2D eigenvalue weighted by Crippen LogP contribution is -2.47. The van der Waals surface area contributed by atoms with Crippen molar-refractivity contribution in [3.63, 3.8) is 0 Å². The van der Waals surface area contributed by atoms with Gasteiger partial charge in [0.15, 0.2) is 11.5 Å². The maximum Gasteiger partial charge on any atom is 0.255 e. The quantitative estimate of drug-likeness (QED) is 0.260. The van der Waals surface area contributed by atoms with Gasteiger partial charge in [-0.05, 0) is 66.3 Å². The van der Waals surface area contributed by atoms with E-state index in [-0.39, 0.29) is 29.2 Å². The molecule has 49 heavy (non-hydrogen) atoms. The Balaban J connectivity index is 1.21. The van der Waals surface area contributed by atoms with Gasteiger partial charge in [-0.3, -0.25) is 14.4 Å². The zero-order valence-electron chi connectivity index (χ0n) is 28.0. The van der Waals surface area contributed by atoms with Crippen molar-refractivity contribution in [1.29, 1.82) is 0 Å². The van der Waals surface area contributed by atoms with E-state index >= 15 is 0 Å². The molecule has 4 aromatic rings. The zero-order chi connectivity index (χ0) is 34.1. The smallest absolute Gasteiger partial charge is 0.255 e. The molecule has 2 bridgehead atoms. The summed E-state index contributed by atoms with van der Waals surface area (Å²) in [5.41, 5.74) is 5.65. The van der Waals surface area contributed by atoms with Crippen LogP contribution in [0.2, 0.25) is 0 Å². The molecule has 3 aliphatic rings. The normalized spacial score (nSPS) is 18.2. The highest BCUT2D eigenvalue weighted by atomic mass is 16.5. The Labute approximate surface area is 285 Å². The number of ether oxygens (including phenoxy) is 3. The van der Waals surface area contributed by atoms with E-state index in [0.29, 0.717) is 60.2 Å². The number of aromatic nitrogens is 1. The summed E-state index contributed by atoms with van der Waals surface area (Å²) < 4.78 is 18.4. The average Bonchev–Trinajstić information content (AvgIpc) is 3.14. The van der Waals surface area contributed by atoms with Crippen LogP contribution in [-0.4, -0.2) is 68.8 Å². The minimum atomic E-state index is -0.382. The molecule has 0 saturated carbocycles. The van der Waals surface area contributed by atoms with E-state index in [4.69, 9.17) is 14.2 Å². The van der Waals surface area contributed by atoms with E-state index in [2.05, 4.69) is 28.4 Å². The first-order valence-electron chi connectivity index (χ1n) is 16.6. The summed E-state index contributed by atoms with van der Waals surface area (Å²) in [6.07, 6.45) is 3.88. The van der Waals surface area contributed by atoms with E-state index in [1.807, 2.05) is 51.9 Å². The van der Waals surface area contributed by atoms with Crippen LogP contribution in [0.4, 0.5) is 11.4 Å². The fourth-order valence-electron chi connectivity index (χ4n) is 7.50. The van der Waals surface area contributed by atoms with Crippen molar-refractivity contribution in [2.45, 2.75) is 25.3 Å². The highest BCUT2D eigenvalue weighted by Gasteiger charge is 2.35. The molecule has 0 spiro atoms. The van der Waals surface area contributed by atoms with Crippen LogP contribution in [-0.2, 0) is 6.54 Å². The number of nitrogens with zero attached hydrogens (tertiary/aromatic N) is 3. The van der Waals surface area contributed by atoms with Crippen LogP contribution in [0.25, 0.3) is 5.57 Å². The SMILES string of the molecule is COc1cc(C(=O)Nc2cc(C(=O)N3CC=C(c4ccccc4)CC3)ccc2N2C[C@H]3C[C@@H](C2)c2cccc(=O)n2C3)cc(OC)c1OC. The second kappa shape index (κ2) is 13.5. The van der Waals surface area contributed by atoms with Crippen LogP contribution in [0.5, 0.6) is 17.2 Å². The van der Waals surface area contributed by atoms with Gasteiger partial charge in [0.05, 0.1) is 32.7 Å². The van der Waals surface area contributed by atoms with E-state index in [0.717, 1.165) is 30.8 Å². The van der Waals surface area contributed by atoms with Gasteiger partial charge in [0.1, 0.15) is 0 Å². The number of carbonyl (C=O) groups is 2. The second-order valence-corrected chi connectivity index (χ2v) is 12.8. The molecule has 10 heteroatoms. The topological polar surface area (TPSA) is 102 Å². The number of fused-ring (bicyclic) bond motifs is 4. The number of nitrogens with one attached hydrogen (secondary N) is 1. The molecule has 2 atom stereocenters. The van der Waals surface area contributed by atoms with Gasteiger partial charge in [0.25, 0.3) is 17.4 Å². The van der Waals surface area contributed by atoms with Crippen molar-refractivity contribution in [2.75, 3.05) is 57.7 Å². The molecule has 0 radical (unpaired) electrons. The predicted octanol–water partition coefficient (Wildman–Crippen LogP) is 5.68. The van der Waals surface area contributed by atoms with Gasteiger partial charge in [-0.2, -0.15) is 0 Å². The number of amides is 2. The van der Waals surface area contributed by atoms with Crippen molar-refractivity contribution in [3.05, 3.63) is 118 Å². The lowest BCUT2D eigenvalue weighted by Gasteiger charge is -2.44. The molecule has 1 aromatic heterocycles. The largest absolute Gasteiger partial charge is 0.493 e. The van der Waals surface area contributed by atoms with Crippen molar-refractivity contribution in [1.82, 2.24) is 9.47 Å². The first kappa shape index (κ1) is 32.1. The predicted molar refractivity (Wildman–Crippen MR) is 189 cm³/mol. The van der Waals surface area contributed by atoms with Crippen molar-refractivity contribution >= 4 is 28.8 Å². The second-order valence-electron chi connectivity index (χ2n) is 12.8. The third-order valence-electron chi connectivity index (χ3n) is 9.88. The van der Waals surface area contributed by atoms with Crippen LogP contribution in [0.15, 0.2) is 89.7 Å². The van der Waals surface area contributed by atoms with E-state index < -0.39 is 0 Å². The number of pyridine rings is 1. The fourth-order valence-corrected chi connectivity index (χ4v) is 7.50. The molecule has 1 fully saturated rings. The third-order valence-corrected chi connectivity index (χ3v) is 9.88. The summed E-state index contributed by atoms with van der Waals surface area (Å²) in [6.45, 7) is 3.16. The van der Waals surface area contributed by atoms with Crippen molar-refractivity contribution < 1.29 is 23.8 Å². The van der Waals surface area contributed by atoms with Crippen LogP contribution in [0.3, 0.4) is 0 Å². The first-order valence-corrected chi connectivity index (χ1v) is 16.6. The van der Waals surface area contributed by atoms with Gasteiger partial charge in [-0.15, -0.1) is 0 Å².